The zero-order valence-electron chi connectivity index (χ0n) is 10.8. The first-order valence-corrected chi connectivity index (χ1v) is 5.92. The van der Waals surface area contributed by atoms with Crippen molar-refractivity contribution in [2.45, 2.75) is 13.8 Å². The molecule has 0 aromatic heterocycles. The summed E-state index contributed by atoms with van der Waals surface area (Å²) >= 11 is 0. The number of nitro benzene ring substituents is 1. The van der Waals surface area contributed by atoms with Gasteiger partial charge in [-0.1, -0.05) is 18.2 Å². The van der Waals surface area contributed by atoms with Crippen molar-refractivity contribution < 1.29 is 4.92 Å². The van der Waals surface area contributed by atoms with Crippen molar-refractivity contribution in [2.75, 3.05) is 0 Å². The maximum absolute atomic E-state index is 10.9. The number of hydrogen-bond donors (Lipinski definition) is 0. The maximum Gasteiger partial charge on any atom is 0.275 e. The summed E-state index contributed by atoms with van der Waals surface area (Å²) < 4.78 is 0. The fourth-order valence-corrected chi connectivity index (χ4v) is 2.02. The molecule has 0 radical (unpaired) electrons. The molecule has 2 aromatic rings. The number of benzene rings is 2. The van der Waals surface area contributed by atoms with Crippen molar-refractivity contribution in [3.8, 4) is 0 Å². The third-order valence-corrected chi connectivity index (χ3v) is 2.81. The van der Waals surface area contributed by atoms with Gasteiger partial charge in [0.25, 0.3) is 5.69 Å². The highest BCUT2D eigenvalue weighted by Crippen LogP contribution is 2.24. The molecule has 0 N–H and O–H groups in total. The van der Waals surface area contributed by atoms with E-state index in [1.165, 1.54) is 0 Å². The van der Waals surface area contributed by atoms with Crippen LogP contribution in [0.4, 0.5) is 11.4 Å². The summed E-state index contributed by atoms with van der Waals surface area (Å²) in [6.07, 6.45) is 1.72. The highest BCUT2D eigenvalue weighted by molar-refractivity contribution is 5.83. The second-order valence-corrected chi connectivity index (χ2v) is 4.35. The minimum Gasteiger partial charge on any atom is -0.258 e. The van der Waals surface area contributed by atoms with Crippen LogP contribution in [0.2, 0.25) is 0 Å². The Hall–Kier alpha value is -2.49. The third-order valence-electron chi connectivity index (χ3n) is 2.81. The molecule has 0 saturated heterocycles. The van der Waals surface area contributed by atoms with E-state index in [4.69, 9.17) is 0 Å². The molecule has 0 aliphatic carbocycles. The van der Waals surface area contributed by atoms with E-state index < -0.39 is 0 Å². The Morgan fingerprint density at radius 2 is 1.68 bits per heavy atom. The Labute approximate surface area is 111 Å². The number of nitrogens with zero attached hydrogens (tertiary/aromatic N) is 2. The summed E-state index contributed by atoms with van der Waals surface area (Å²) in [5.74, 6) is 0. The highest BCUT2D eigenvalue weighted by Gasteiger charge is 2.14. The second kappa shape index (κ2) is 5.44. The van der Waals surface area contributed by atoms with Crippen molar-refractivity contribution in [2.24, 2.45) is 4.99 Å². The summed E-state index contributed by atoms with van der Waals surface area (Å²) in [7, 11) is 0. The molecule has 0 heterocycles. The van der Waals surface area contributed by atoms with E-state index in [0.29, 0.717) is 11.1 Å². The molecule has 96 valence electrons. The Bertz CT molecular complexity index is 611. The standard InChI is InChI=1S/C15H14N2O2/c1-11-8-13(9-12(2)15(11)17(18)19)10-16-14-6-4-3-5-7-14/h3-10H,1-2H3. The lowest BCUT2D eigenvalue weighted by Gasteiger charge is -2.03. The summed E-state index contributed by atoms with van der Waals surface area (Å²) in [6, 6.07) is 13.1. The van der Waals surface area contributed by atoms with Crippen LogP contribution in [0, 0.1) is 24.0 Å². The van der Waals surface area contributed by atoms with Crippen LogP contribution in [-0.4, -0.2) is 11.1 Å². The zero-order chi connectivity index (χ0) is 13.8. The normalized spacial score (nSPS) is 10.8. The fourth-order valence-electron chi connectivity index (χ4n) is 2.02. The summed E-state index contributed by atoms with van der Waals surface area (Å²) in [5.41, 5.74) is 3.21. The third kappa shape index (κ3) is 3.04. The van der Waals surface area contributed by atoms with E-state index in [-0.39, 0.29) is 10.6 Å². The molecule has 4 nitrogen and oxygen atoms in total. The smallest absolute Gasteiger partial charge is 0.258 e. The molecule has 0 amide bonds. The first-order valence-electron chi connectivity index (χ1n) is 5.92. The predicted molar refractivity (Wildman–Crippen MR) is 76.3 cm³/mol. The number of para-hydroxylation sites is 1. The van der Waals surface area contributed by atoms with Gasteiger partial charge in [0.1, 0.15) is 0 Å². The second-order valence-electron chi connectivity index (χ2n) is 4.35. The molecular weight excluding hydrogens is 240 g/mol. The first kappa shape index (κ1) is 13.0. The number of rotatable bonds is 3. The van der Waals surface area contributed by atoms with Gasteiger partial charge in [0.2, 0.25) is 0 Å². The summed E-state index contributed by atoms with van der Waals surface area (Å²) in [5, 5.41) is 10.9. The van der Waals surface area contributed by atoms with Gasteiger partial charge in [-0.05, 0) is 43.7 Å². The number of aryl methyl sites for hydroxylation is 2. The van der Waals surface area contributed by atoms with Gasteiger partial charge < -0.3 is 0 Å². The van der Waals surface area contributed by atoms with Gasteiger partial charge in [-0.25, -0.2) is 0 Å². The van der Waals surface area contributed by atoms with Crippen LogP contribution in [-0.2, 0) is 0 Å². The fraction of sp³-hybridized carbons (Fsp3) is 0.133. The van der Waals surface area contributed by atoms with Crippen molar-refractivity contribution in [3.05, 3.63) is 69.3 Å². The summed E-state index contributed by atoms with van der Waals surface area (Å²) in [4.78, 5) is 14.9. The Morgan fingerprint density at radius 3 is 2.21 bits per heavy atom. The lowest BCUT2D eigenvalue weighted by molar-refractivity contribution is -0.386. The predicted octanol–water partition coefficient (Wildman–Crippen LogP) is 3.96. The largest absolute Gasteiger partial charge is 0.275 e. The molecule has 0 bridgehead atoms. The van der Waals surface area contributed by atoms with Crippen molar-refractivity contribution in [1.82, 2.24) is 0 Å². The molecular formula is C15H14N2O2. The van der Waals surface area contributed by atoms with Crippen LogP contribution >= 0.6 is 0 Å². The van der Waals surface area contributed by atoms with Crippen LogP contribution in [0.3, 0.4) is 0 Å². The van der Waals surface area contributed by atoms with Gasteiger partial charge >= 0.3 is 0 Å². The molecule has 0 aliphatic rings. The van der Waals surface area contributed by atoms with Gasteiger partial charge in [0.15, 0.2) is 0 Å². The summed E-state index contributed by atoms with van der Waals surface area (Å²) in [6.45, 7) is 3.48. The molecule has 0 aliphatic heterocycles. The molecule has 2 rings (SSSR count). The van der Waals surface area contributed by atoms with Gasteiger partial charge in [-0.15, -0.1) is 0 Å². The lowest BCUT2D eigenvalue weighted by Crippen LogP contribution is -1.97. The minimum absolute atomic E-state index is 0.178. The molecule has 0 spiro atoms. The maximum atomic E-state index is 10.9. The van der Waals surface area contributed by atoms with E-state index >= 15 is 0 Å². The minimum atomic E-state index is -0.344. The van der Waals surface area contributed by atoms with Gasteiger partial charge in [-0.3, -0.25) is 15.1 Å². The number of hydrogen-bond acceptors (Lipinski definition) is 3. The number of aliphatic imine (C=N–C) groups is 1. The van der Waals surface area contributed by atoms with Crippen LogP contribution < -0.4 is 0 Å². The molecule has 0 saturated carbocycles. The monoisotopic (exact) mass is 254 g/mol. The lowest BCUT2D eigenvalue weighted by atomic mass is 10.1. The molecule has 19 heavy (non-hydrogen) atoms. The van der Waals surface area contributed by atoms with Crippen LogP contribution in [0.15, 0.2) is 47.5 Å². The van der Waals surface area contributed by atoms with Crippen LogP contribution in [0.1, 0.15) is 16.7 Å². The molecule has 0 unspecified atom stereocenters. The molecule has 4 heteroatoms. The Morgan fingerprint density at radius 1 is 1.11 bits per heavy atom. The van der Waals surface area contributed by atoms with Gasteiger partial charge in [-0.2, -0.15) is 0 Å². The van der Waals surface area contributed by atoms with Crippen molar-refractivity contribution >= 4 is 17.6 Å². The van der Waals surface area contributed by atoms with Crippen LogP contribution in [0.25, 0.3) is 0 Å². The first-order chi connectivity index (χ1) is 9.08. The van der Waals surface area contributed by atoms with E-state index in [9.17, 15) is 10.1 Å². The van der Waals surface area contributed by atoms with E-state index in [2.05, 4.69) is 4.99 Å². The van der Waals surface area contributed by atoms with E-state index in [1.54, 1.807) is 32.2 Å². The molecule has 0 fully saturated rings. The van der Waals surface area contributed by atoms with E-state index in [0.717, 1.165) is 11.3 Å². The average Bonchev–Trinajstić information content (AvgIpc) is 2.36. The van der Waals surface area contributed by atoms with E-state index in [1.807, 2.05) is 30.3 Å². The van der Waals surface area contributed by atoms with Gasteiger partial charge in [0.05, 0.1) is 10.6 Å². The highest BCUT2D eigenvalue weighted by atomic mass is 16.6. The van der Waals surface area contributed by atoms with Crippen molar-refractivity contribution in [3.63, 3.8) is 0 Å². The van der Waals surface area contributed by atoms with Crippen LogP contribution in [0.5, 0.6) is 0 Å². The topological polar surface area (TPSA) is 55.5 Å². The zero-order valence-corrected chi connectivity index (χ0v) is 10.8. The Kier molecular flexibility index (Phi) is 3.71. The SMILES string of the molecule is Cc1cc(C=Nc2ccccc2)cc(C)c1[N+](=O)[O-]. The Balaban J connectivity index is 2.33. The average molecular weight is 254 g/mol. The quantitative estimate of drug-likeness (QED) is 0.473. The van der Waals surface area contributed by atoms with Crippen molar-refractivity contribution in [1.29, 1.82) is 0 Å². The molecule has 2 aromatic carbocycles. The number of nitro groups is 1. The molecule has 0 atom stereocenters. The van der Waals surface area contributed by atoms with Gasteiger partial charge in [0, 0.05) is 17.3 Å².